The molecule has 0 N–H and O–H groups in total. The van der Waals surface area contributed by atoms with Gasteiger partial charge in [-0.3, -0.25) is 14.1 Å². The highest BCUT2D eigenvalue weighted by Gasteiger charge is 2.26. The normalized spacial score (nSPS) is 18.8. The van der Waals surface area contributed by atoms with Gasteiger partial charge in [-0.1, -0.05) is 0 Å². The zero-order valence-electron chi connectivity index (χ0n) is 13.5. The molecule has 6 heteroatoms. The second-order valence-corrected chi connectivity index (χ2v) is 7.11. The van der Waals surface area contributed by atoms with E-state index in [0.29, 0.717) is 6.04 Å². The van der Waals surface area contributed by atoms with Gasteiger partial charge in [-0.25, -0.2) is 4.98 Å². The summed E-state index contributed by atoms with van der Waals surface area (Å²) in [6.07, 6.45) is 5.13. The number of rotatable bonds is 4. The zero-order valence-corrected chi connectivity index (χ0v) is 14.3. The minimum absolute atomic E-state index is 0.493. The minimum atomic E-state index is 0.493. The van der Waals surface area contributed by atoms with Gasteiger partial charge < -0.3 is 0 Å². The van der Waals surface area contributed by atoms with Gasteiger partial charge in [0.2, 0.25) is 0 Å². The first-order valence-corrected chi connectivity index (χ1v) is 8.90. The lowest BCUT2D eigenvalue weighted by atomic mass is 10.2. The quantitative estimate of drug-likeness (QED) is 0.739. The Labute approximate surface area is 140 Å². The molecule has 3 aromatic heterocycles. The van der Waals surface area contributed by atoms with Gasteiger partial charge in [-0.05, 0) is 38.5 Å². The summed E-state index contributed by atoms with van der Waals surface area (Å²) in [5.74, 6) is 0. The Hall–Kier alpha value is -1.92. The molecule has 0 radical (unpaired) electrons. The van der Waals surface area contributed by atoms with E-state index in [9.17, 15) is 0 Å². The van der Waals surface area contributed by atoms with Crippen molar-refractivity contribution in [1.82, 2.24) is 24.2 Å². The van der Waals surface area contributed by atoms with Crippen LogP contribution in [0.4, 0.5) is 0 Å². The molecule has 4 heterocycles. The van der Waals surface area contributed by atoms with E-state index >= 15 is 0 Å². The van der Waals surface area contributed by atoms with Gasteiger partial charge in [0.25, 0.3) is 0 Å². The first kappa shape index (κ1) is 14.7. The average Bonchev–Trinajstić information content (AvgIpc) is 3.27. The molecule has 1 saturated heterocycles. The molecular formula is C17H21N5S. The largest absolute Gasteiger partial charge is 0.296 e. The van der Waals surface area contributed by atoms with Crippen LogP contribution in [0.25, 0.3) is 5.13 Å². The summed E-state index contributed by atoms with van der Waals surface area (Å²) in [4.78, 5) is 6.93. The topological polar surface area (TPSA) is 38.9 Å². The minimum Gasteiger partial charge on any atom is -0.296 e. The van der Waals surface area contributed by atoms with Crippen LogP contribution in [0, 0.1) is 13.8 Å². The van der Waals surface area contributed by atoms with Crippen LogP contribution < -0.4 is 0 Å². The van der Waals surface area contributed by atoms with E-state index in [2.05, 4.69) is 62.5 Å². The first-order chi connectivity index (χ1) is 11.2. The van der Waals surface area contributed by atoms with Gasteiger partial charge in [-0.15, -0.1) is 11.3 Å². The number of hydrogen-bond acceptors (Lipinski definition) is 4. The molecule has 120 valence electrons. The number of likely N-dealkylation sites (tertiary alicyclic amines) is 1. The van der Waals surface area contributed by atoms with Gasteiger partial charge in [0, 0.05) is 48.8 Å². The van der Waals surface area contributed by atoms with E-state index in [0.717, 1.165) is 30.5 Å². The predicted octanol–water partition coefficient (Wildman–Crippen LogP) is 3.19. The summed E-state index contributed by atoms with van der Waals surface area (Å²) >= 11 is 1.67. The summed E-state index contributed by atoms with van der Waals surface area (Å²) in [5.41, 5.74) is 3.67. The summed E-state index contributed by atoms with van der Waals surface area (Å²) in [5, 5.41) is 7.72. The monoisotopic (exact) mass is 327 g/mol. The molecule has 0 spiro atoms. The van der Waals surface area contributed by atoms with E-state index in [4.69, 9.17) is 0 Å². The molecule has 0 saturated carbocycles. The molecule has 0 aliphatic carbocycles. The van der Waals surface area contributed by atoms with Crippen LogP contribution in [-0.4, -0.2) is 37.3 Å². The summed E-state index contributed by atoms with van der Waals surface area (Å²) in [6, 6.07) is 6.95. The second kappa shape index (κ2) is 5.94. The molecule has 0 unspecified atom stereocenters. The standard InChI is InChI=1S/C17H21N5S/c1-13-10-14(2)22(19-13)16-5-8-20(12-16)11-15-4-3-7-21(15)17-18-6-9-23-17/h3-4,6-7,9-10,16H,5,8,11-12H2,1-2H3/t16-/m1/s1. The summed E-state index contributed by atoms with van der Waals surface area (Å²) in [7, 11) is 0. The molecule has 0 bridgehead atoms. The Balaban J connectivity index is 1.47. The lowest BCUT2D eigenvalue weighted by Gasteiger charge is -2.18. The number of aryl methyl sites for hydroxylation is 2. The molecule has 5 nitrogen and oxygen atoms in total. The third-order valence-electron chi connectivity index (χ3n) is 4.48. The van der Waals surface area contributed by atoms with Crippen LogP contribution in [0.1, 0.15) is 29.5 Å². The fourth-order valence-electron chi connectivity index (χ4n) is 3.47. The van der Waals surface area contributed by atoms with Crippen molar-refractivity contribution in [2.75, 3.05) is 13.1 Å². The lowest BCUT2D eigenvalue weighted by Crippen LogP contribution is -2.23. The van der Waals surface area contributed by atoms with E-state index < -0.39 is 0 Å². The molecular weight excluding hydrogens is 306 g/mol. The summed E-state index contributed by atoms with van der Waals surface area (Å²) < 4.78 is 4.40. The molecule has 0 amide bonds. The van der Waals surface area contributed by atoms with Crippen LogP contribution >= 0.6 is 11.3 Å². The van der Waals surface area contributed by atoms with Crippen LogP contribution in [0.5, 0.6) is 0 Å². The molecule has 23 heavy (non-hydrogen) atoms. The molecule has 1 aliphatic heterocycles. The Morgan fingerprint density at radius 3 is 3.00 bits per heavy atom. The predicted molar refractivity (Wildman–Crippen MR) is 92.1 cm³/mol. The van der Waals surface area contributed by atoms with Crippen molar-refractivity contribution in [2.24, 2.45) is 0 Å². The SMILES string of the molecule is Cc1cc(C)n([C@@H]2CCN(Cc3cccn3-c3nccs3)C2)n1. The fourth-order valence-corrected chi connectivity index (χ4v) is 4.12. The molecule has 0 aromatic carbocycles. The van der Waals surface area contributed by atoms with Gasteiger partial charge in [0.05, 0.1) is 11.7 Å². The van der Waals surface area contributed by atoms with E-state index in [-0.39, 0.29) is 0 Å². The van der Waals surface area contributed by atoms with Crippen molar-refractivity contribution in [3.63, 3.8) is 0 Å². The van der Waals surface area contributed by atoms with E-state index in [1.807, 2.05) is 11.6 Å². The Morgan fingerprint density at radius 2 is 2.26 bits per heavy atom. The number of hydrogen-bond donors (Lipinski definition) is 0. The molecule has 1 fully saturated rings. The highest BCUT2D eigenvalue weighted by Crippen LogP contribution is 2.25. The lowest BCUT2D eigenvalue weighted by molar-refractivity contribution is 0.305. The smallest absolute Gasteiger partial charge is 0.193 e. The zero-order chi connectivity index (χ0) is 15.8. The summed E-state index contributed by atoms with van der Waals surface area (Å²) in [6.45, 7) is 7.35. The highest BCUT2D eigenvalue weighted by atomic mass is 32.1. The van der Waals surface area contributed by atoms with Crippen LogP contribution in [0.2, 0.25) is 0 Å². The Bertz CT molecular complexity index is 786. The molecule has 1 atom stereocenters. The first-order valence-electron chi connectivity index (χ1n) is 8.02. The van der Waals surface area contributed by atoms with Gasteiger partial charge in [-0.2, -0.15) is 5.10 Å². The van der Waals surface area contributed by atoms with E-state index in [1.165, 1.54) is 17.8 Å². The van der Waals surface area contributed by atoms with Crippen LogP contribution in [-0.2, 0) is 6.54 Å². The number of aromatic nitrogens is 4. The Morgan fingerprint density at radius 1 is 1.35 bits per heavy atom. The van der Waals surface area contributed by atoms with Gasteiger partial charge in [0.15, 0.2) is 5.13 Å². The number of thiazole rings is 1. The van der Waals surface area contributed by atoms with Crippen molar-refractivity contribution in [2.45, 2.75) is 32.9 Å². The maximum absolute atomic E-state index is 4.66. The molecule has 4 rings (SSSR count). The third kappa shape index (κ3) is 2.84. The maximum atomic E-state index is 4.66. The van der Waals surface area contributed by atoms with Crippen molar-refractivity contribution < 1.29 is 0 Å². The van der Waals surface area contributed by atoms with Crippen LogP contribution in [0.3, 0.4) is 0 Å². The van der Waals surface area contributed by atoms with Crippen molar-refractivity contribution in [3.05, 3.63) is 53.1 Å². The highest BCUT2D eigenvalue weighted by molar-refractivity contribution is 7.12. The van der Waals surface area contributed by atoms with Crippen molar-refractivity contribution >= 4 is 11.3 Å². The third-order valence-corrected chi connectivity index (χ3v) is 5.25. The van der Waals surface area contributed by atoms with Crippen molar-refractivity contribution in [3.8, 4) is 5.13 Å². The van der Waals surface area contributed by atoms with Gasteiger partial charge >= 0.3 is 0 Å². The maximum Gasteiger partial charge on any atom is 0.193 e. The Kier molecular flexibility index (Phi) is 3.79. The fraction of sp³-hybridized carbons (Fsp3) is 0.412. The van der Waals surface area contributed by atoms with E-state index in [1.54, 1.807) is 11.3 Å². The average molecular weight is 327 g/mol. The molecule has 3 aromatic rings. The van der Waals surface area contributed by atoms with Crippen LogP contribution in [0.15, 0.2) is 36.0 Å². The second-order valence-electron chi connectivity index (χ2n) is 6.23. The number of nitrogens with zero attached hydrogens (tertiary/aromatic N) is 5. The molecule has 1 aliphatic rings. The van der Waals surface area contributed by atoms with Gasteiger partial charge in [0.1, 0.15) is 0 Å². The van der Waals surface area contributed by atoms with Crippen molar-refractivity contribution in [1.29, 1.82) is 0 Å².